The lowest BCUT2D eigenvalue weighted by Crippen LogP contribution is -2.32. The van der Waals surface area contributed by atoms with E-state index in [-0.39, 0.29) is 4.08 Å². The van der Waals surface area contributed by atoms with E-state index in [0.29, 0.717) is 0 Å². The van der Waals surface area contributed by atoms with Gasteiger partial charge in [-0.25, -0.2) is 4.98 Å². The van der Waals surface area contributed by atoms with Gasteiger partial charge in [-0.15, -0.1) is 23.5 Å². The Kier molecular flexibility index (Phi) is 6.17. The summed E-state index contributed by atoms with van der Waals surface area (Å²) in [7, 11) is 1.72. The fourth-order valence-electron chi connectivity index (χ4n) is 3.15. The summed E-state index contributed by atoms with van der Waals surface area (Å²) in [6.07, 6.45) is 10.7. The molecule has 0 radical (unpaired) electrons. The second-order valence-corrected chi connectivity index (χ2v) is 9.69. The Labute approximate surface area is 153 Å². The van der Waals surface area contributed by atoms with Gasteiger partial charge in [0.15, 0.2) is 0 Å². The quantitative estimate of drug-likeness (QED) is 0.702. The van der Waals surface area contributed by atoms with Crippen LogP contribution in [0.2, 0.25) is 0 Å². The van der Waals surface area contributed by atoms with Gasteiger partial charge in [-0.05, 0) is 49.1 Å². The molecule has 2 atom stereocenters. The molecule has 2 heterocycles. The van der Waals surface area contributed by atoms with Crippen molar-refractivity contribution in [2.45, 2.75) is 48.5 Å². The summed E-state index contributed by atoms with van der Waals surface area (Å²) in [6.45, 7) is 3.36. The Morgan fingerprint density at radius 3 is 2.83 bits per heavy atom. The maximum atomic E-state index is 5.29. The van der Waals surface area contributed by atoms with E-state index in [1.54, 1.807) is 7.11 Å². The minimum atomic E-state index is 0.262. The normalized spacial score (nSPS) is 24.0. The van der Waals surface area contributed by atoms with Crippen LogP contribution in [-0.2, 0) is 13.0 Å². The van der Waals surface area contributed by atoms with E-state index in [1.165, 1.54) is 30.6 Å². The highest BCUT2D eigenvalue weighted by Gasteiger charge is 2.37. The number of methoxy groups -OCH3 is 1. The minimum Gasteiger partial charge on any atom is -0.497 e. The molecule has 1 aliphatic rings. The van der Waals surface area contributed by atoms with Gasteiger partial charge in [-0.3, -0.25) is 0 Å². The number of ether oxygens (including phenoxy) is 1. The zero-order valence-electron chi connectivity index (χ0n) is 14.5. The smallest absolute Gasteiger partial charge is 0.118 e. The molecule has 1 aromatic heterocycles. The average Bonchev–Trinajstić information content (AvgIpc) is 3.14. The maximum Gasteiger partial charge on any atom is 0.118 e. The fraction of sp³-hybridized carbons (Fsp3) is 0.526. The summed E-state index contributed by atoms with van der Waals surface area (Å²) >= 11 is 4.36. The molecular formula is C19H26N2OS2. The highest BCUT2D eigenvalue weighted by atomic mass is 32.2. The Hall–Kier alpha value is -1.07. The van der Waals surface area contributed by atoms with Gasteiger partial charge < -0.3 is 9.30 Å². The molecule has 1 aliphatic heterocycles. The third kappa shape index (κ3) is 4.51. The molecule has 3 nitrogen and oxygen atoms in total. The molecule has 1 aromatic carbocycles. The van der Waals surface area contributed by atoms with E-state index < -0.39 is 0 Å². The maximum absolute atomic E-state index is 5.29. The van der Waals surface area contributed by atoms with E-state index in [1.807, 2.05) is 12.5 Å². The molecule has 2 unspecified atom stereocenters. The first-order valence-electron chi connectivity index (χ1n) is 8.63. The zero-order valence-corrected chi connectivity index (χ0v) is 16.1. The van der Waals surface area contributed by atoms with Crippen molar-refractivity contribution in [1.82, 2.24) is 9.55 Å². The van der Waals surface area contributed by atoms with Crippen molar-refractivity contribution in [2.24, 2.45) is 0 Å². The highest BCUT2D eigenvalue weighted by molar-refractivity contribution is 8.19. The number of nitrogens with zero attached hydrogens (tertiary/aromatic N) is 2. The number of aryl methyl sites for hydroxylation is 1. The van der Waals surface area contributed by atoms with Gasteiger partial charge in [0.25, 0.3) is 0 Å². The molecule has 1 saturated heterocycles. The minimum absolute atomic E-state index is 0.262. The molecule has 5 heteroatoms. The van der Waals surface area contributed by atoms with Gasteiger partial charge in [0.2, 0.25) is 0 Å². The summed E-state index contributed by atoms with van der Waals surface area (Å²) in [5, 5.41) is 0.785. The third-order valence-corrected chi connectivity index (χ3v) is 8.22. The van der Waals surface area contributed by atoms with Crippen molar-refractivity contribution in [3.05, 3.63) is 48.5 Å². The molecule has 0 bridgehead atoms. The number of aromatic nitrogens is 2. The predicted molar refractivity (Wildman–Crippen MR) is 105 cm³/mol. The molecule has 0 aliphatic carbocycles. The summed E-state index contributed by atoms with van der Waals surface area (Å²) < 4.78 is 7.76. The number of benzene rings is 1. The number of hydrogen-bond donors (Lipinski definition) is 0. The van der Waals surface area contributed by atoms with Crippen molar-refractivity contribution in [2.75, 3.05) is 12.9 Å². The topological polar surface area (TPSA) is 27.1 Å². The van der Waals surface area contributed by atoms with E-state index in [9.17, 15) is 0 Å². The standard InChI is InChI=1S/C19H26N2OS2/c1-3-18-8-13-23-19(24-18,9-11-21-12-10-20-15-21)14-16-4-6-17(22-2)7-5-16/h4-7,10,12,15,18H,3,8-9,11,13-14H2,1-2H3. The molecule has 130 valence electrons. The lowest BCUT2D eigenvalue weighted by Gasteiger charge is -2.40. The van der Waals surface area contributed by atoms with Crippen molar-refractivity contribution in [3.63, 3.8) is 0 Å². The van der Waals surface area contributed by atoms with Crippen molar-refractivity contribution < 1.29 is 4.74 Å². The molecule has 1 fully saturated rings. The van der Waals surface area contributed by atoms with Crippen LogP contribution >= 0.6 is 23.5 Å². The molecule has 3 rings (SSSR count). The average molecular weight is 363 g/mol. The van der Waals surface area contributed by atoms with Crippen LogP contribution in [0.3, 0.4) is 0 Å². The lowest BCUT2D eigenvalue weighted by atomic mass is 10.1. The molecule has 0 N–H and O–H groups in total. The number of thioether (sulfide) groups is 2. The van der Waals surface area contributed by atoms with Crippen molar-refractivity contribution in [3.8, 4) is 5.75 Å². The van der Waals surface area contributed by atoms with Crippen LogP contribution in [0.5, 0.6) is 5.75 Å². The molecule has 24 heavy (non-hydrogen) atoms. The largest absolute Gasteiger partial charge is 0.497 e. The van der Waals surface area contributed by atoms with Gasteiger partial charge >= 0.3 is 0 Å². The molecule has 0 amide bonds. The lowest BCUT2D eigenvalue weighted by molar-refractivity contribution is 0.414. The van der Waals surface area contributed by atoms with E-state index in [4.69, 9.17) is 4.74 Å². The number of hydrogen-bond acceptors (Lipinski definition) is 4. The second-order valence-electron chi connectivity index (χ2n) is 6.27. The number of rotatable bonds is 7. The van der Waals surface area contributed by atoms with Gasteiger partial charge in [0, 0.05) is 24.2 Å². The van der Waals surface area contributed by atoms with Crippen molar-refractivity contribution in [1.29, 1.82) is 0 Å². The van der Waals surface area contributed by atoms with Crippen LogP contribution in [0.4, 0.5) is 0 Å². The first kappa shape index (κ1) is 17.7. The summed E-state index contributed by atoms with van der Waals surface area (Å²) in [5.74, 6) is 2.20. The van der Waals surface area contributed by atoms with Crippen LogP contribution < -0.4 is 4.74 Å². The summed E-state index contributed by atoms with van der Waals surface area (Å²) in [5.41, 5.74) is 1.40. The van der Waals surface area contributed by atoms with Gasteiger partial charge in [0.1, 0.15) is 5.75 Å². The predicted octanol–water partition coefficient (Wildman–Crippen LogP) is 4.87. The third-order valence-electron chi connectivity index (χ3n) is 4.58. The van der Waals surface area contributed by atoms with Crippen LogP contribution in [-0.4, -0.2) is 31.7 Å². The number of imidazole rings is 1. The second kappa shape index (κ2) is 8.34. The van der Waals surface area contributed by atoms with Gasteiger partial charge in [0.05, 0.1) is 17.5 Å². The van der Waals surface area contributed by atoms with E-state index in [2.05, 4.69) is 70.5 Å². The monoisotopic (exact) mass is 362 g/mol. The van der Waals surface area contributed by atoms with E-state index in [0.717, 1.165) is 24.0 Å². The van der Waals surface area contributed by atoms with Crippen LogP contribution in [0.1, 0.15) is 31.7 Å². The SMILES string of the molecule is CCC1CCSC(CCn2ccnc2)(Cc2ccc(OC)cc2)S1. The Morgan fingerprint density at radius 1 is 1.33 bits per heavy atom. The van der Waals surface area contributed by atoms with Gasteiger partial charge in [-0.1, -0.05) is 19.1 Å². The first-order valence-corrected chi connectivity index (χ1v) is 10.5. The molecule has 0 spiro atoms. The highest BCUT2D eigenvalue weighted by Crippen LogP contribution is 2.51. The molecular weight excluding hydrogens is 336 g/mol. The van der Waals surface area contributed by atoms with Crippen LogP contribution in [0.15, 0.2) is 43.0 Å². The molecule has 0 saturated carbocycles. The fourth-order valence-corrected chi connectivity index (χ4v) is 6.97. The molecule has 2 aromatic rings. The Bertz CT molecular complexity index is 615. The summed E-state index contributed by atoms with van der Waals surface area (Å²) in [6, 6.07) is 8.59. The summed E-state index contributed by atoms with van der Waals surface area (Å²) in [4.78, 5) is 4.18. The van der Waals surface area contributed by atoms with E-state index >= 15 is 0 Å². The van der Waals surface area contributed by atoms with Gasteiger partial charge in [-0.2, -0.15) is 0 Å². The zero-order chi connectivity index (χ0) is 16.8. The van der Waals surface area contributed by atoms with Crippen molar-refractivity contribution >= 4 is 23.5 Å². The Morgan fingerprint density at radius 2 is 2.17 bits per heavy atom. The van der Waals surface area contributed by atoms with Crippen LogP contribution in [0.25, 0.3) is 0 Å². The van der Waals surface area contributed by atoms with Crippen LogP contribution in [0, 0.1) is 0 Å². The first-order chi connectivity index (χ1) is 11.7. The Balaban J connectivity index is 1.74.